The van der Waals surface area contributed by atoms with Crippen LogP contribution in [0.2, 0.25) is 0 Å². The van der Waals surface area contributed by atoms with E-state index in [1.165, 1.54) is 6.07 Å². The van der Waals surface area contributed by atoms with Crippen molar-refractivity contribution in [2.75, 3.05) is 7.05 Å². The minimum Gasteiger partial charge on any atom is -0.464 e. The summed E-state index contributed by atoms with van der Waals surface area (Å²) in [7, 11) is 1.77. The van der Waals surface area contributed by atoms with Crippen LogP contribution in [0.3, 0.4) is 0 Å². The zero-order valence-electron chi connectivity index (χ0n) is 11.0. The second kappa shape index (κ2) is 5.97. The van der Waals surface area contributed by atoms with Crippen molar-refractivity contribution < 1.29 is 13.2 Å². The minimum absolute atomic E-state index is 0.170. The third-order valence-electron chi connectivity index (χ3n) is 3.18. The highest BCUT2D eigenvalue weighted by Crippen LogP contribution is 2.23. The molecule has 102 valence electrons. The minimum atomic E-state index is -0.818. The summed E-state index contributed by atoms with van der Waals surface area (Å²) >= 11 is 0. The van der Waals surface area contributed by atoms with Gasteiger partial charge in [0, 0.05) is 6.42 Å². The maximum Gasteiger partial charge on any atom is 0.162 e. The summed E-state index contributed by atoms with van der Waals surface area (Å²) in [6, 6.07) is 7.83. The summed E-state index contributed by atoms with van der Waals surface area (Å²) in [5, 5.41) is 3.07. The molecule has 0 saturated heterocycles. The molecule has 2 rings (SSSR count). The van der Waals surface area contributed by atoms with E-state index in [4.69, 9.17) is 4.42 Å². The molecule has 1 aromatic heterocycles. The van der Waals surface area contributed by atoms with E-state index in [1.54, 1.807) is 13.1 Å². The van der Waals surface area contributed by atoms with Crippen molar-refractivity contribution in [1.82, 2.24) is 5.32 Å². The molecule has 0 radical (unpaired) electrons. The second-order valence-corrected chi connectivity index (χ2v) is 4.42. The van der Waals surface area contributed by atoms with Crippen LogP contribution in [0.25, 0.3) is 0 Å². The molecule has 1 unspecified atom stereocenters. The number of benzene rings is 1. The molecule has 0 aliphatic rings. The molecule has 1 atom stereocenters. The van der Waals surface area contributed by atoms with Gasteiger partial charge in [-0.3, -0.25) is 0 Å². The Morgan fingerprint density at radius 3 is 2.63 bits per heavy atom. The molecule has 0 spiro atoms. The molecule has 2 aromatic rings. The van der Waals surface area contributed by atoms with E-state index in [2.05, 4.69) is 5.32 Å². The maximum atomic E-state index is 13.7. The van der Waals surface area contributed by atoms with Crippen LogP contribution in [0.5, 0.6) is 0 Å². The standard InChI is InChI=1S/C15H17F2NO/c1-3-11-7-8-14(19-11)13(18-2)9-10-5-4-6-12(16)15(10)17/h4-8,13,18H,3,9H2,1-2H3. The number of hydrogen-bond acceptors (Lipinski definition) is 2. The molecule has 0 saturated carbocycles. The van der Waals surface area contributed by atoms with E-state index in [-0.39, 0.29) is 6.04 Å². The van der Waals surface area contributed by atoms with Gasteiger partial charge in [-0.15, -0.1) is 0 Å². The topological polar surface area (TPSA) is 25.2 Å². The molecule has 19 heavy (non-hydrogen) atoms. The SMILES string of the molecule is CCc1ccc(C(Cc2cccc(F)c2F)NC)o1. The van der Waals surface area contributed by atoms with Crippen LogP contribution in [0.4, 0.5) is 8.78 Å². The van der Waals surface area contributed by atoms with Crippen LogP contribution in [-0.2, 0) is 12.8 Å². The Balaban J connectivity index is 2.21. The average Bonchev–Trinajstić information content (AvgIpc) is 2.89. The van der Waals surface area contributed by atoms with E-state index >= 15 is 0 Å². The highest BCUT2D eigenvalue weighted by molar-refractivity contribution is 5.22. The van der Waals surface area contributed by atoms with E-state index in [1.807, 2.05) is 19.1 Å². The third kappa shape index (κ3) is 3.01. The number of likely N-dealkylation sites (N-methyl/N-ethyl adjacent to an activating group) is 1. The first-order valence-electron chi connectivity index (χ1n) is 6.34. The molecule has 0 fully saturated rings. The molecule has 4 heteroatoms. The smallest absolute Gasteiger partial charge is 0.162 e. The van der Waals surface area contributed by atoms with Crippen molar-refractivity contribution in [3.05, 3.63) is 59.1 Å². The van der Waals surface area contributed by atoms with Crippen LogP contribution in [-0.4, -0.2) is 7.05 Å². The van der Waals surface area contributed by atoms with Crippen molar-refractivity contribution in [2.45, 2.75) is 25.8 Å². The predicted octanol–water partition coefficient (Wildman–Crippen LogP) is 3.62. The quantitative estimate of drug-likeness (QED) is 0.893. The fraction of sp³-hybridized carbons (Fsp3) is 0.333. The fourth-order valence-corrected chi connectivity index (χ4v) is 2.04. The molecule has 0 aliphatic carbocycles. The summed E-state index contributed by atoms with van der Waals surface area (Å²) in [5.41, 5.74) is 0.341. The van der Waals surface area contributed by atoms with Gasteiger partial charge in [-0.25, -0.2) is 8.78 Å². The zero-order valence-corrected chi connectivity index (χ0v) is 11.0. The molecule has 1 N–H and O–H groups in total. The van der Waals surface area contributed by atoms with Gasteiger partial charge in [-0.05, 0) is 37.2 Å². The lowest BCUT2D eigenvalue weighted by Crippen LogP contribution is -2.19. The van der Waals surface area contributed by atoms with Gasteiger partial charge in [0.25, 0.3) is 0 Å². The van der Waals surface area contributed by atoms with Gasteiger partial charge in [0.15, 0.2) is 11.6 Å². The van der Waals surface area contributed by atoms with Crippen LogP contribution >= 0.6 is 0 Å². The lowest BCUT2D eigenvalue weighted by Gasteiger charge is -2.14. The number of aryl methyl sites for hydroxylation is 1. The zero-order chi connectivity index (χ0) is 13.8. The third-order valence-corrected chi connectivity index (χ3v) is 3.18. The fourth-order valence-electron chi connectivity index (χ4n) is 2.04. The highest BCUT2D eigenvalue weighted by Gasteiger charge is 2.17. The Morgan fingerprint density at radius 2 is 2.00 bits per heavy atom. The van der Waals surface area contributed by atoms with Gasteiger partial charge in [-0.1, -0.05) is 19.1 Å². The second-order valence-electron chi connectivity index (χ2n) is 4.42. The predicted molar refractivity (Wildman–Crippen MR) is 69.9 cm³/mol. The maximum absolute atomic E-state index is 13.7. The first-order chi connectivity index (χ1) is 9.15. The van der Waals surface area contributed by atoms with Crippen molar-refractivity contribution in [3.63, 3.8) is 0 Å². The van der Waals surface area contributed by atoms with Gasteiger partial charge in [-0.2, -0.15) is 0 Å². The largest absolute Gasteiger partial charge is 0.464 e. The number of halogens is 2. The lowest BCUT2D eigenvalue weighted by molar-refractivity contribution is 0.401. The Labute approximate surface area is 111 Å². The van der Waals surface area contributed by atoms with Gasteiger partial charge in [0.05, 0.1) is 6.04 Å². The summed E-state index contributed by atoms with van der Waals surface area (Å²) in [4.78, 5) is 0. The number of nitrogens with one attached hydrogen (secondary N) is 1. The molecule has 0 bridgehead atoms. The highest BCUT2D eigenvalue weighted by atomic mass is 19.2. The molecule has 0 aliphatic heterocycles. The van der Waals surface area contributed by atoms with Crippen molar-refractivity contribution in [3.8, 4) is 0 Å². The van der Waals surface area contributed by atoms with Gasteiger partial charge < -0.3 is 9.73 Å². The molecule has 1 aromatic carbocycles. The summed E-state index contributed by atoms with van der Waals surface area (Å²) < 4.78 is 32.5. The van der Waals surface area contributed by atoms with Crippen LogP contribution < -0.4 is 5.32 Å². The Kier molecular flexibility index (Phi) is 4.32. The summed E-state index contributed by atoms with van der Waals surface area (Å²) in [5.74, 6) is 0.0176. The number of rotatable bonds is 5. The Morgan fingerprint density at radius 1 is 1.21 bits per heavy atom. The number of hydrogen-bond donors (Lipinski definition) is 1. The van der Waals surface area contributed by atoms with Crippen LogP contribution in [0.15, 0.2) is 34.7 Å². The van der Waals surface area contributed by atoms with Crippen LogP contribution in [0, 0.1) is 11.6 Å². The van der Waals surface area contributed by atoms with E-state index in [0.29, 0.717) is 12.0 Å². The van der Waals surface area contributed by atoms with E-state index < -0.39 is 11.6 Å². The van der Waals surface area contributed by atoms with Gasteiger partial charge in [0.2, 0.25) is 0 Å². The molecule has 2 nitrogen and oxygen atoms in total. The monoisotopic (exact) mass is 265 g/mol. The number of furan rings is 1. The van der Waals surface area contributed by atoms with Crippen molar-refractivity contribution in [1.29, 1.82) is 0 Å². The van der Waals surface area contributed by atoms with Gasteiger partial charge in [0.1, 0.15) is 11.5 Å². The molecule has 1 heterocycles. The Hall–Kier alpha value is -1.68. The lowest BCUT2D eigenvalue weighted by atomic mass is 10.0. The summed E-state index contributed by atoms with van der Waals surface area (Å²) in [6.07, 6.45) is 1.15. The molecular formula is C15H17F2NO. The van der Waals surface area contributed by atoms with Crippen molar-refractivity contribution >= 4 is 0 Å². The Bertz CT molecular complexity index is 551. The summed E-state index contributed by atoms with van der Waals surface area (Å²) in [6.45, 7) is 2.00. The van der Waals surface area contributed by atoms with Crippen LogP contribution in [0.1, 0.15) is 30.0 Å². The van der Waals surface area contributed by atoms with E-state index in [0.717, 1.165) is 24.0 Å². The van der Waals surface area contributed by atoms with Gasteiger partial charge >= 0.3 is 0 Å². The first-order valence-corrected chi connectivity index (χ1v) is 6.34. The average molecular weight is 265 g/mol. The normalized spacial score (nSPS) is 12.6. The molecule has 0 amide bonds. The van der Waals surface area contributed by atoms with Crippen molar-refractivity contribution in [2.24, 2.45) is 0 Å². The molecular weight excluding hydrogens is 248 g/mol. The first kappa shape index (κ1) is 13.7. The van der Waals surface area contributed by atoms with E-state index in [9.17, 15) is 8.78 Å².